The molecule has 0 N–H and O–H groups in total. The maximum Gasteiger partial charge on any atom is 0.307 e. The van der Waals surface area contributed by atoms with Gasteiger partial charge in [-0.15, -0.1) is 11.6 Å². The third-order valence-corrected chi connectivity index (χ3v) is 1.40. The minimum Gasteiger partial charge on any atom is -0.236 e. The fourth-order valence-electron chi connectivity index (χ4n) is 0.622. The molecule has 0 fully saturated rings. The molecule has 1 rings (SSSR count). The van der Waals surface area contributed by atoms with E-state index in [2.05, 4.69) is 4.99 Å². The number of nitrogens with zero attached hydrogens (tertiary/aromatic N) is 2. The highest BCUT2D eigenvalue weighted by Gasteiger charge is 2.12. The van der Waals surface area contributed by atoms with Crippen LogP contribution in [0.5, 0.6) is 0 Å². The highest BCUT2D eigenvalue weighted by atomic mass is 35.5. The molecule has 44 valence electrons. The van der Waals surface area contributed by atoms with E-state index in [-0.39, 0.29) is 0 Å². The maximum absolute atomic E-state index is 5.51. The molecule has 0 bridgehead atoms. The fraction of sp³-hybridized carbons (Fsp3) is 0.600. The highest BCUT2D eigenvalue weighted by Crippen LogP contribution is 1.89. The van der Waals surface area contributed by atoms with Crippen LogP contribution >= 0.6 is 11.6 Å². The molecule has 1 aliphatic heterocycles. The molecular weight excluding hydrogens is 124 g/mol. The Balaban J connectivity index is 2.66. The number of aliphatic imine (C=N–C) groups is 1. The smallest absolute Gasteiger partial charge is 0.236 e. The SMILES string of the molecule is C[N+]1=CCN=C1CCl. The van der Waals surface area contributed by atoms with E-state index in [1.54, 1.807) is 0 Å². The van der Waals surface area contributed by atoms with Crippen molar-refractivity contribution in [2.45, 2.75) is 0 Å². The van der Waals surface area contributed by atoms with E-state index in [1.165, 1.54) is 0 Å². The average molecular weight is 132 g/mol. The fourth-order valence-corrected chi connectivity index (χ4v) is 0.895. The molecular formula is C5H8ClN2+. The summed E-state index contributed by atoms with van der Waals surface area (Å²) in [6, 6.07) is 0. The van der Waals surface area contributed by atoms with Crippen molar-refractivity contribution in [2.24, 2.45) is 4.99 Å². The van der Waals surface area contributed by atoms with Crippen molar-refractivity contribution in [1.82, 2.24) is 0 Å². The number of halogens is 1. The van der Waals surface area contributed by atoms with Gasteiger partial charge in [0.2, 0.25) is 0 Å². The van der Waals surface area contributed by atoms with Crippen molar-refractivity contribution >= 4 is 23.7 Å². The predicted molar refractivity (Wildman–Crippen MR) is 35.3 cm³/mol. The summed E-state index contributed by atoms with van der Waals surface area (Å²) in [6.07, 6.45) is 2.00. The molecule has 2 nitrogen and oxygen atoms in total. The van der Waals surface area contributed by atoms with E-state index in [1.807, 2.05) is 17.8 Å². The average Bonchev–Trinajstić information content (AvgIpc) is 2.14. The molecule has 0 spiro atoms. The van der Waals surface area contributed by atoms with E-state index in [0.29, 0.717) is 5.88 Å². The quantitative estimate of drug-likeness (QED) is 0.361. The Kier molecular flexibility index (Phi) is 1.63. The second-order valence-corrected chi connectivity index (χ2v) is 1.95. The van der Waals surface area contributed by atoms with Crippen molar-refractivity contribution < 1.29 is 4.58 Å². The summed E-state index contributed by atoms with van der Waals surface area (Å²) in [7, 11) is 1.95. The Hall–Kier alpha value is -0.370. The molecule has 3 heteroatoms. The summed E-state index contributed by atoms with van der Waals surface area (Å²) in [5.41, 5.74) is 0. The van der Waals surface area contributed by atoms with Gasteiger partial charge in [0.25, 0.3) is 0 Å². The topological polar surface area (TPSA) is 15.4 Å². The summed E-state index contributed by atoms with van der Waals surface area (Å²) in [6.45, 7) is 0.790. The highest BCUT2D eigenvalue weighted by molar-refractivity contribution is 6.27. The van der Waals surface area contributed by atoms with Gasteiger partial charge in [-0.1, -0.05) is 4.99 Å². The summed E-state index contributed by atoms with van der Waals surface area (Å²) < 4.78 is 1.95. The molecule has 8 heavy (non-hydrogen) atoms. The van der Waals surface area contributed by atoms with Gasteiger partial charge in [-0.3, -0.25) is 0 Å². The summed E-state index contributed by atoms with van der Waals surface area (Å²) in [5.74, 6) is 1.49. The van der Waals surface area contributed by atoms with Crippen LogP contribution in [0.4, 0.5) is 0 Å². The number of hydrogen-bond acceptors (Lipinski definition) is 1. The maximum atomic E-state index is 5.51. The lowest BCUT2D eigenvalue weighted by molar-refractivity contribution is -0.362. The summed E-state index contributed by atoms with van der Waals surface area (Å²) >= 11 is 5.51. The van der Waals surface area contributed by atoms with Crippen molar-refractivity contribution in [3.05, 3.63) is 0 Å². The first-order valence-corrected chi connectivity index (χ1v) is 3.03. The number of alkyl halides is 1. The molecule has 0 unspecified atom stereocenters. The number of hydrogen-bond donors (Lipinski definition) is 0. The summed E-state index contributed by atoms with van der Waals surface area (Å²) in [4.78, 5) is 4.09. The van der Waals surface area contributed by atoms with Gasteiger partial charge in [-0.2, -0.15) is 0 Å². The van der Waals surface area contributed by atoms with Crippen LogP contribution in [0.25, 0.3) is 0 Å². The van der Waals surface area contributed by atoms with Crippen molar-refractivity contribution in [1.29, 1.82) is 0 Å². The lowest BCUT2D eigenvalue weighted by Gasteiger charge is -1.86. The molecule has 0 aromatic heterocycles. The molecule has 1 heterocycles. The Morgan fingerprint density at radius 1 is 2.00 bits per heavy atom. The van der Waals surface area contributed by atoms with Crippen molar-refractivity contribution in [2.75, 3.05) is 19.5 Å². The first kappa shape index (κ1) is 5.76. The van der Waals surface area contributed by atoms with Crippen LogP contribution in [0.15, 0.2) is 4.99 Å². The van der Waals surface area contributed by atoms with E-state index < -0.39 is 0 Å². The Morgan fingerprint density at radius 3 is 3.00 bits per heavy atom. The first-order valence-electron chi connectivity index (χ1n) is 2.50. The van der Waals surface area contributed by atoms with Crippen LogP contribution in [0.3, 0.4) is 0 Å². The zero-order valence-electron chi connectivity index (χ0n) is 4.76. The first-order chi connectivity index (χ1) is 3.84. The van der Waals surface area contributed by atoms with Gasteiger partial charge in [0, 0.05) is 0 Å². The minimum absolute atomic E-state index is 0.521. The van der Waals surface area contributed by atoms with Crippen LogP contribution in [-0.2, 0) is 0 Å². The molecule has 0 aromatic carbocycles. The summed E-state index contributed by atoms with van der Waals surface area (Å²) in [5, 5.41) is 0. The van der Waals surface area contributed by atoms with Crippen LogP contribution < -0.4 is 0 Å². The minimum atomic E-state index is 0.521. The second kappa shape index (κ2) is 2.27. The predicted octanol–water partition coefficient (Wildman–Crippen LogP) is 0.350. The lowest BCUT2D eigenvalue weighted by Crippen LogP contribution is -2.13. The van der Waals surface area contributed by atoms with Crippen molar-refractivity contribution in [3.8, 4) is 0 Å². The molecule has 1 aliphatic rings. The van der Waals surface area contributed by atoms with Gasteiger partial charge in [-0.05, 0) is 0 Å². The normalized spacial score (nSPS) is 18.2. The Morgan fingerprint density at radius 2 is 2.75 bits per heavy atom. The standard InChI is InChI=1S/C5H8ClN2/c1-8-3-2-7-5(8)4-6/h3H,2,4H2,1H3/q+1. The molecule has 0 saturated heterocycles. The van der Waals surface area contributed by atoms with Crippen LogP contribution in [-0.4, -0.2) is 36.1 Å². The van der Waals surface area contributed by atoms with Gasteiger partial charge >= 0.3 is 5.84 Å². The van der Waals surface area contributed by atoms with Gasteiger partial charge in [-0.25, -0.2) is 4.58 Å². The Bertz CT molecular complexity index is 149. The number of rotatable bonds is 1. The molecule has 0 atom stereocenters. The largest absolute Gasteiger partial charge is 0.307 e. The van der Waals surface area contributed by atoms with Crippen molar-refractivity contribution in [3.63, 3.8) is 0 Å². The van der Waals surface area contributed by atoms with Gasteiger partial charge in [0.15, 0.2) is 6.54 Å². The van der Waals surface area contributed by atoms with Gasteiger partial charge in [0.05, 0.1) is 7.05 Å². The van der Waals surface area contributed by atoms with Crippen LogP contribution in [0.1, 0.15) is 0 Å². The molecule has 0 amide bonds. The third-order valence-electron chi connectivity index (χ3n) is 1.16. The van der Waals surface area contributed by atoms with Gasteiger partial charge < -0.3 is 0 Å². The second-order valence-electron chi connectivity index (χ2n) is 1.68. The van der Waals surface area contributed by atoms with Gasteiger partial charge in [0.1, 0.15) is 12.1 Å². The molecule has 0 aromatic rings. The third kappa shape index (κ3) is 0.892. The monoisotopic (exact) mass is 131 g/mol. The zero-order valence-corrected chi connectivity index (χ0v) is 5.52. The van der Waals surface area contributed by atoms with E-state index >= 15 is 0 Å². The van der Waals surface area contributed by atoms with E-state index in [0.717, 1.165) is 12.4 Å². The van der Waals surface area contributed by atoms with E-state index in [4.69, 9.17) is 11.6 Å². The molecule has 0 aliphatic carbocycles. The van der Waals surface area contributed by atoms with E-state index in [9.17, 15) is 0 Å². The molecule has 0 radical (unpaired) electrons. The number of amidine groups is 1. The van der Waals surface area contributed by atoms with Crippen LogP contribution in [0.2, 0.25) is 0 Å². The zero-order chi connectivity index (χ0) is 5.98. The molecule has 0 saturated carbocycles. The Labute approximate surface area is 53.5 Å². The lowest BCUT2D eigenvalue weighted by atomic mass is 10.7. The van der Waals surface area contributed by atoms with Crippen LogP contribution in [0, 0.1) is 0 Å².